The summed E-state index contributed by atoms with van der Waals surface area (Å²) in [6.07, 6.45) is -1.10. The minimum atomic E-state index is -3.78. The van der Waals surface area contributed by atoms with Crippen molar-refractivity contribution in [2.75, 3.05) is 13.1 Å². The molecule has 0 aromatic heterocycles. The first-order valence-electron chi connectivity index (χ1n) is 9.97. The fourth-order valence-electron chi connectivity index (χ4n) is 2.97. The maximum absolute atomic E-state index is 12.7. The van der Waals surface area contributed by atoms with Crippen LogP contribution in [0.25, 0.3) is 0 Å². The summed E-state index contributed by atoms with van der Waals surface area (Å²) in [7, 11) is -3.78. The Morgan fingerprint density at radius 2 is 1.68 bits per heavy atom. The van der Waals surface area contributed by atoms with Crippen molar-refractivity contribution in [1.29, 1.82) is 0 Å². The standard InChI is InChI=1S/C22H27ClN2O5S/c1-5-25(6-2)31(28,29)18-12-13-20(23)19(14-18)22(27)30-16(4)21(26)24-15(3)17-10-8-7-9-11-17/h7-16H,5-6H2,1-4H3,(H,24,26). The molecule has 2 aromatic carbocycles. The number of halogens is 1. The normalized spacial score (nSPS) is 13.5. The van der Waals surface area contributed by atoms with E-state index >= 15 is 0 Å². The van der Waals surface area contributed by atoms with Crippen LogP contribution in [0, 0.1) is 0 Å². The lowest BCUT2D eigenvalue weighted by Gasteiger charge is -2.20. The van der Waals surface area contributed by atoms with Gasteiger partial charge in [-0.1, -0.05) is 55.8 Å². The number of sulfonamides is 1. The van der Waals surface area contributed by atoms with Gasteiger partial charge in [0.2, 0.25) is 10.0 Å². The van der Waals surface area contributed by atoms with Crippen molar-refractivity contribution in [2.24, 2.45) is 0 Å². The van der Waals surface area contributed by atoms with Crippen molar-refractivity contribution < 1.29 is 22.7 Å². The lowest BCUT2D eigenvalue weighted by atomic mass is 10.1. The van der Waals surface area contributed by atoms with Crippen molar-refractivity contribution in [3.8, 4) is 0 Å². The lowest BCUT2D eigenvalue weighted by molar-refractivity contribution is -0.129. The highest BCUT2D eigenvalue weighted by atomic mass is 35.5. The number of nitrogens with one attached hydrogen (secondary N) is 1. The molecule has 2 rings (SSSR count). The molecule has 0 aliphatic carbocycles. The monoisotopic (exact) mass is 466 g/mol. The topological polar surface area (TPSA) is 92.8 Å². The molecule has 31 heavy (non-hydrogen) atoms. The van der Waals surface area contributed by atoms with Gasteiger partial charge >= 0.3 is 5.97 Å². The van der Waals surface area contributed by atoms with E-state index in [-0.39, 0.29) is 34.6 Å². The summed E-state index contributed by atoms with van der Waals surface area (Å²) in [5, 5.41) is 2.82. The molecule has 9 heteroatoms. The summed E-state index contributed by atoms with van der Waals surface area (Å²) in [6.45, 7) is 7.29. The molecule has 2 atom stereocenters. The van der Waals surface area contributed by atoms with Crippen LogP contribution in [-0.4, -0.2) is 43.8 Å². The SMILES string of the molecule is CCN(CC)S(=O)(=O)c1ccc(Cl)c(C(=O)OC(C)C(=O)NC(C)c2ccccc2)c1. The number of hydrogen-bond acceptors (Lipinski definition) is 5. The fourth-order valence-corrected chi connectivity index (χ4v) is 4.65. The van der Waals surface area contributed by atoms with Crippen LogP contribution in [0.4, 0.5) is 0 Å². The van der Waals surface area contributed by atoms with Crippen LogP contribution in [-0.2, 0) is 19.6 Å². The molecule has 0 aliphatic heterocycles. The van der Waals surface area contributed by atoms with Crippen LogP contribution >= 0.6 is 11.6 Å². The Labute approximate surface area is 188 Å². The maximum atomic E-state index is 12.7. The maximum Gasteiger partial charge on any atom is 0.340 e. The third-order valence-corrected chi connectivity index (χ3v) is 7.19. The number of hydrogen-bond donors (Lipinski definition) is 1. The second-order valence-corrected chi connectivity index (χ2v) is 9.26. The van der Waals surface area contributed by atoms with E-state index in [9.17, 15) is 18.0 Å². The number of esters is 1. The lowest BCUT2D eigenvalue weighted by Crippen LogP contribution is -2.37. The molecule has 0 saturated heterocycles. The van der Waals surface area contributed by atoms with E-state index in [1.54, 1.807) is 13.8 Å². The summed E-state index contributed by atoms with van der Waals surface area (Å²) in [4.78, 5) is 25.0. The molecule has 0 saturated carbocycles. The van der Waals surface area contributed by atoms with Gasteiger partial charge in [-0.05, 0) is 37.6 Å². The molecule has 2 unspecified atom stereocenters. The number of carbonyl (C=O) groups is 2. The van der Waals surface area contributed by atoms with Crippen LogP contribution in [0.15, 0.2) is 53.4 Å². The van der Waals surface area contributed by atoms with Crippen molar-refractivity contribution in [2.45, 2.75) is 44.7 Å². The van der Waals surface area contributed by atoms with Gasteiger partial charge in [0.15, 0.2) is 6.10 Å². The van der Waals surface area contributed by atoms with Crippen molar-refractivity contribution in [1.82, 2.24) is 9.62 Å². The zero-order valence-electron chi connectivity index (χ0n) is 18.0. The first kappa shape index (κ1) is 24.8. The number of carbonyl (C=O) groups excluding carboxylic acids is 2. The van der Waals surface area contributed by atoms with Gasteiger partial charge in [0, 0.05) is 13.1 Å². The Morgan fingerprint density at radius 3 is 2.26 bits per heavy atom. The molecule has 0 fully saturated rings. The largest absolute Gasteiger partial charge is 0.449 e. The molecule has 1 N–H and O–H groups in total. The number of benzene rings is 2. The minimum Gasteiger partial charge on any atom is -0.449 e. The highest BCUT2D eigenvalue weighted by molar-refractivity contribution is 7.89. The van der Waals surface area contributed by atoms with Gasteiger partial charge in [-0.2, -0.15) is 4.31 Å². The number of nitrogens with zero attached hydrogens (tertiary/aromatic N) is 1. The summed E-state index contributed by atoms with van der Waals surface area (Å²) in [6, 6.07) is 12.9. The average Bonchev–Trinajstić information content (AvgIpc) is 2.74. The van der Waals surface area contributed by atoms with Crippen LogP contribution in [0.1, 0.15) is 49.7 Å². The molecule has 168 valence electrons. The third-order valence-electron chi connectivity index (χ3n) is 4.81. The summed E-state index contributed by atoms with van der Waals surface area (Å²) < 4.78 is 32.0. The van der Waals surface area contributed by atoms with Gasteiger partial charge in [0.1, 0.15) is 0 Å². The van der Waals surface area contributed by atoms with Gasteiger partial charge in [-0.15, -0.1) is 0 Å². The molecular formula is C22H27ClN2O5S. The van der Waals surface area contributed by atoms with Crippen LogP contribution in [0.5, 0.6) is 0 Å². The van der Waals surface area contributed by atoms with E-state index in [2.05, 4.69) is 5.32 Å². The Morgan fingerprint density at radius 1 is 1.06 bits per heavy atom. The van der Waals surface area contributed by atoms with Gasteiger partial charge in [0.25, 0.3) is 5.91 Å². The second-order valence-electron chi connectivity index (χ2n) is 6.92. The zero-order chi connectivity index (χ0) is 23.2. The summed E-state index contributed by atoms with van der Waals surface area (Å²) >= 11 is 6.11. The number of ether oxygens (including phenoxy) is 1. The van der Waals surface area contributed by atoms with Crippen molar-refractivity contribution >= 4 is 33.5 Å². The summed E-state index contributed by atoms with van der Waals surface area (Å²) in [5.41, 5.74) is 0.789. The van der Waals surface area contributed by atoms with Gasteiger partial charge in [-0.3, -0.25) is 4.79 Å². The fraction of sp³-hybridized carbons (Fsp3) is 0.364. The molecule has 2 aromatic rings. The molecule has 7 nitrogen and oxygen atoms in total. The zero-order valence-corrected chi connectivity index (χ0v) is 19.5. The Bertz CT molecular complexity index is 1020. The van der Waals surface area contributed by atoms with E-state index in [0.29, 0.717) is 0 Å². The predicted octanol–water partition coefficient (Wildman–Crippen LogP) is 3.79. The van der Waals surface area contributed by atoms with E-state index in [1.165, 1.54) is 29.4 Å². The van der Waals surface area contributed by atoms with E-state index < -0.39 is 28.0 Å². The summed E-state index contributed by atoms with van der Waals surface area (Å²) in [5.74, 6) is -1.36. The molecule has 0 spiro atoms. The number of amides is 1. The predicted molar refractivity (Wildman–Crippen MR) is 119 cm³/mol. The first-order valence-corrected chi connectivity index (χ1v) is 11.8. The van der Waals surface area contributed by atoms with Gasteiger partial charge in [0.05, 0.1) is 21.5 Å². The first-order chi connectivity index (χ1) is 14.6. The van der Waals surface area contributed by atoms with Gasteiger partial charge in [-0.25, -0.2) is 13.2 Å². The van der Waals surface area contributed by atoms with E-state index in [0.717, 1.165) is 5.56 Å². The van der Waals surface area contributed by atoms with E-state index in [4.69, 9.17) is 16.3 Å². The third kappa shape index (κ3) is 6.06. The molecule has 0 aliphatic rings. The quantitative estimate of drug-likeness (QED) is 0.567. The number of rotatable bonds is 9. The average molecular weight is 467 g/mol. The van der Waals surface area contributed by atoms with E-state index in [1.807, 2.05) is 37.3 Å². The highest BCUT2D eigenvalue weighted by Crippen LogP contribution is 2.24. The molecule has 0 radical (unpaired) electrons. The van der Waals surface area contributed by atoms with Crippen molar-refractivity contribution in [3.05, 3.63) is 64.7 Å². The Kier molecular flexibility index (Phi) is 8.61. The van der Waals surface area contributed by atoms with Crippen LogP contribution in [0.2, 0.25) is 5.02 Å². The molecule has 0 heterocycles. The Balaban J connectivity index is 2.15. The molecular weight excluding hydrogens is 440 g/mol. The molecule has 1 amide bonds. The van der Waals surface area contributed by atoms with Gasteiger partial charge < -0.3 is 10.1 Å². The highest BCUT2D eigenvalue weighted by Gasteiger charge is 2.26. The Hall–Kier alpha value is -2.42. The smallest absolute Gasteiger partial charge is 0.340 e. The van der Waals surface area contributed by atoms with Crippen molar-refractivity contribution in [3.63, 3.8) is 0 Å². The molecule has 0 bridgehead atoms. The van der Waals surface area contributed by atoms with Crippen LogP contribution in [0.3, 0.4) is 0 Å². The second kappa shape index (κ2) is 10.7. The van der Waals surface area contributed by atoms with Crippen LogP contribution < -0.4 is 5.32 Å². The minimum absolute atomic E-state index is 0.0359.